The van der Waals surface area contributed by atoms with Gasteiger partial charge in [-0.15, -0.1) is 0 Å². The van der Waals surface area contributed by atoms with Gasteiger partial charge in [-0.05, 0) is 37.3 Å². The summed E-state index contributed by atoms with van der Waals surface area (Å²) >= 11 is 0. The lowest BCUT2D eigenvalue weighted by Crippen LogP contribution is -2.05. The third kappa shape index (κ3) is 3.47. The highest BCUT2D eigenvalue weighted by Gasteiger charge is 2.12. The summed E-state index contributed by atoms with van der Waals surface area (Å²) in [6, 6.07) is 7.17. The van der Waals surface area contributed by atoms with Crippen LogP contribution in [0.4, 0.5) is 14.5 Å². The van der Waals surface area contributed by atoms with E-state index in [-0.39, 0.29) is 29.4 Å². The van der Waals surface area contributed by atoms with Crippen LogP contribution in [0.5, 0.6) is 11.5 Å². The molecule has 0 atom stereocenters. The molecule has 0 radical (unpaired) electrons. The number of hydrogen-bond donors (Lipinski definition) is 1. The molecule has 0 spiro atoms. The molecule has 0 aliphatic carbocycles. The number of nitrogen functional groups attached to an aromatic ring is 1. The Hall–Kier alpha value is -2.63. The van der Waals surface area contributed by atoms with Crippen molar-refractivity contribution in [3.8, 4) is 11.5 Å². The fourth-order valence-electron chi connectivity index (χ4n) is 1.66. The number of ether oxygens (including phenoxy) is 2. The van der Waals surface area contributed by atoms with Gasteiger partial charge in [0.2, 0.25) is 0 Å². The summed E-state index contributed by atoms with van der Waals surface area (Å²) in [4.78, 5) is 11.5. The first-order valence-electron chi connectivity index (χ1n) is 6.20. The summed E-state index contributed by atoms with van der Waals surface area (Å²) < 4.78 is 36.4. The van der Waals surface area contributed by atoms with Crippen LogP contribution >= 0.6 is 0 Å². The SMILES string of the molecule is CCOC(=O)c1ccc(Oc2ccc(F)cc2F)c(N)c1. The molecule has 4 nitrogen and oxygen atoms in total. The molecule has 0 bridgehead atoms. The smallest absolute Gasteiger partial charge is 0.338 e. The maximum atomic E-state index is 13.5. The Morgan fingerprint density at radius 2 is 1.86 bits per heavy atom. The summed E-state index contributed by atoms with van der Waals surface area (Å²) in [6.07, 6.45) is 0. The first kappa shape index (κ1) is 14.8. The predicted molar refractivity (Wildman–Crippen MR) is 73.2 cm³/mol. The second kappa shape index (κ2) is 6.21. The Balaban J connectivity index is 2.23. The third-order valence-electron chi connectivity index (χ3n) is 2.63. The minimum atomic E-state index is -0.844. The Morgan fingerprint density at radius 3 is 2.48 bits per heavy atom. The molecule has 110 valence electrons. The Bertz CT molecular complexity index is 674. The first-order valence-corrected chi connectivity index (χ1v) is 6.20. The van der Waals surface area contributed by atoms with E-state index in [1.165, 1.54) is 18.2 Å². The summed E-state index contributed by atoms with van der Waals surface area (Å²) in [7, 11) is 0. The maximum absolute atomic E-state index is 13.5. The van der Waals surface area contributed by atoms with E-state index in [1.807, 2.05) is 0 Å². The van der Waals surface area contributed by atoms with Crippen molar-refractivity contribution in [3.63, 3.8) is 0 Å². The molecule has 2 aromatic rings. The number of nitrogens with two attached hydrogens (primary N) is 1. The average Bonchev–Trinajstić information content (AvgIpc) is 2.44. The fourth-order valence-corrected chi connectivity index (χ4v) is 1.66. The Morgan fingerprint density at radius 1 is 1.14 bits per heavy atom. The van der Waals surface area contributed by atoms with Gasteiger partial charge in [0.05, 0.1) is 17.9 Å². The second-order valence-electron chi connectivity index (χ2n) is 4.15. The standard InChI is InChI=1S/C15H13F2NO3/c1-2-20-15(19)9-3-5-14(12(18)7-9)21-13-6-4-10(16)8-11(13)17/h3-8H,2,18H2,1H3. The molecule has 6 heteroatoms. The minimum Gasteiger partial charge on any atom is -0.462 e. The molecule has 0 heterocycles. The highest BCUT2D eigenvalue weighted by atomic mass is 19.1. The number of halogens is 2. The largest absolute Gasteiger partial charge is 0.462 e. The minimum absolute atomic E-state index is 0.143. The van der Waals surface area contributed by atoms with Gasteiger partial charge in [-0.2, -0.15) is 0 Å². The van der Waals surface area contributed by atoms with Crippen LogP contribution in [0, 0.1) is 11.6 Å². The van der Waals surface area contributed by atoms with Crippen molar-refractivity contribution < 1.29 is 23.0 Å². The molecule has 2 rings (SSSR count). The lowest BCUT2D eigenvalue weighted by molar-refractivity contribution is 0.0526. The molecule has 0 aliphatic rings. The molecule has 0 saturated carbocycles. The zero-order valence-electron chi connectivity index (χ0n) is 11.2. The number of carbonyl (C=O) groups is 1. The normalized spacial score (nSPS) is 10.2. The van der Waals surface area contributed by atoms with Crippen LogP contribution in [0.2, 0.25) is 0 Å². The highest BCUT2D eigenvalue weighted by molar-refractivity contribution is 5.91. The van der Waals surface area contributed by atoms with Gasteiger partial charge in [0, 0.05) is 6.07 Å². The van der Waals surface area contributed by atoms with Crippen molar-refractivity contribution in [1.82, 2.24) is 0 Å². The van der Waals surface area contributed by atoms with Crippen LogP contribution < -0.4 is 10.5 Å². The number of esters is 1. The van der Waals surface area contributed by atoms with E-state index < -0.39 is 17.6 Å². The molecule has 0 aliphatic heterocycles. The highest BCUT2D eigenvalue weighted by Crippen LogP contribution is 2.30. The maximum Gasteiger partial charge on any atom is 0.338 e. The van der Waals surface area contributed by atoms with Crippen LogP contribution in [0.15, 0.2) is 36.4 Å². The van der Waals surface area contributed by atoms with Gasteiger partial charge in [0.25, 0.3) is 0 Å². The van der Waals surface area contributed by atoms with Crippen LogP contribution in [0.25, 0.3) is 0 Å². The summed E-state index contributed by atoms with van der Waals surface area (Å²) in [6.45, 7) is 1.94. The van der Waals surface area contributed by atoms with Gasteiger partial charge >= 0.3 is 5.97 Å². The van der Waals surface area contributed by atoms with Gasteiger partial charge in [-0.1, -0.05) is 0 Å². The van der Waals surface area contributed by atoms with Crippen molar-refractivity contribution in [2.75, 3.05) is 12.3 Å². The topological polar surface area (TPSA) is 61.5 Å². The van der Waals surface area contributed by atoms with Gasteiger partial charge in [-0.25, -0.2) is 13.6 Å². The van der Waals surface area contributed by atoms with E-state index in [9.17, 15) is 13.6 Å². The van der Waals surface area contributed by atoms with Crippen LogP contribution in [-0.2, 0) is 4.74 Å². The first-order chi connectivity index (χ1) is 10.0. The van der Waals surface area contributed by atoms with Crippen LogP contribution in [-0.4, -0.2) is 12.6 Å². The van der Waals surface area contributed by atoms with Gasteiger partial charge in [0.15, 0.2) is 17.3 Å². The van der Waals surface area contributed by atoms with E-state index >= 15 is 0 Å². The molecule has 0 unspecified atom stereocenters. The molecule has 0 aromatic heterocycles. The van der Waals surface area contributed by atoms with Crippen molar-refractivity contribution >= 4 is 11.7 Å². The van der Waals surface area contributed by atoms with E-state index in [1.54, 1.807) is 6.92 Å². The fraction of sp³-hybridized carbons (Fsp3) is 0.133. The van der Waals surface area contributed by atoms with Gasteiger partial charge in [-0.3, -0.25) is 0 Å². The number of hydrogen-bond acceptors (Lipinski definition) is 4. The Kier molecular flexibility index (Phi) is 4.37. The summed E-state index contributed by atoms with van der Waals surface area (Å²) in [5, 5.41) is 0. The summed E-state index contributed by atoms with van der Waals surface area (Å²) in [5.41, 5.74) is 6.16. The number of carbonyl (C=O) groups excluding carboxylic acids is 1. The van der Waals surface area contributed by atoms with Crippen molar-refractivity contribution in [1.29, 1.82) is 0 Å². The molecule has 21 heavy (non-hydrogen) atoms. The summed E-state index contributed by atoms with van der Waals surface area (Å²) in [5.74, 6) is -2.06. The molecule has 2 aromatic carbocycles. The van der Waals surface area contributed by atoms with Gasteiger partial charge < -0.3 is 15.2 Å². The molecule has 0 fully saturated rings. The number of anilines is 1. The second-order valence-corrected chi connectivity index (χ2v) is 4.15. The molecule has 2 N–H and O–H groups in total. The zero-order valence-corrected chi connectivity index (χ0v) is 11.2. The predicted octanol–water partition coefficient (Wildman–Crippen LogP) is 3.52. The van der Waals surface area contributed by atoms with Crippen molar-refractivity contribution in [2.24, 2.45) is 0 Å². The molecular formula is C15H13F2NO3. The van der Waals surface area contributed by atoms with E-state index in [2.05, 4.69) is 0 Å². The molecular weight excluding hydrogens is 280 g/mol. The lowest BCUT2D eigenvalue weighted by atomic mass is 10.2. The molecule has 0 amide bonds. The van der Waals surface area contributed by atoms with E-state index in [0.717, 1.165) is 12.1 Å². The quantitative estimate of drug-likeness (QED) is 0.692. The lowest BCUT2D eigenvalue weighted by Gasteiger charge is -2.10. The third-order valence-corrected chi connectivity index (χ3v) is 2.63. The van der Waals surface area contributed by atoms with Crippen molar-refractivity contribution in [3.05, 3.63) is 53.6 Å². The molecule has 0 saturated heterocycles. The van der Waals surface area contributed by atoms with E-state index in [4.69, 9.17) is 15.2 Å². The van der Waals surface area contributed by atoms with E-state index in [0.29, 0.717) is 6.07 Å². The zero-order chi connectivity index (χ0) is 15.4. The van der Waals surface area contributed by atoms with Gasteiger partial charge in [0.1, 0.15) is 5.82 Å². The number of benzene rings is 2. The van der Waals surface area contributed by atoms with Crippen LogP contribution in [0.3, 0.4) is 0 Å². The average molecular weight is 293 g/mol. The monoisotopic (exact) mass is 293 g/mol. The Labute approximate surface area is 120 Å². The number of rotatable bonds is 4. The van der Waals surface area contributed by atoms with Crippen molar-refractivity contribution in [2.45, 2.75) is 6.92 Å². The van der Waals surface area contributed by atoms with Crippen LogP contribution in [0.1, 0.15) is 17.3 Å².